The Hall–Kier alpha value is -0.0600. The van der Waals surface area contributed by atoms with Gasteiger partial charge in [-0.25, -0.2) is 8.42 Å². The van der Waals surface area contributed by atoms with Crippen molar-refractivity contribution in [2.24, 2.45) is 11.8 Å². The Balaban J connectivity index is 2.11. The number of hydrogen-bond acceptors (Lipinski definition) is 2. The summed E-state index contributed by atoms with van der Waals surface area (Å²) in [7, 11) is -2.81. The van der Waals surface area contributed by atoms with Crippen LogP contribution in [0.2, 0.25) is 5.02 Å². The minimum absolute atomic E-state index is 0.252. The number of alkyl halides is 1. The summed E-state index contributed by atoms with van der Waals surface area (Å²) in [5.41, 5.74) is 2.26. The molecule has 0 aliphatic carbocycles. The van der Waals surface area contributed by atoms with Crippen molar-refractivity contribution in [1.82, 2.24) is 0 Å². The van der Waals surface area contributed by atoms with Crippen molar-refractivity contribution in [3.8, 4) is 0 Å². The van der Waals surface area contributed by atoms with Gasteiger partial charge in [-0.2, -0.15) is 0 Å². The second kappa shape index (κ2) is 6.15. The molecule has 1 heterocycles. The highest BCUT2D eigenvalue weighted by Crippen LogP contribution is 2.31. The molecule has 0 amide bonds. The van der Waals surface area contributed by atoms with Crippen molar-refractivity contribution >= 4 is 37.4 Å². The lowest BCUT2D eigenvalue weighted by Gasteiger charge is -2.21. The van der Waals surface area contributed by atoms with Crippen LogP contribution in [0.3, 0.4) is 0 Å². The van der Waals surface area contributed by atoms with Crippen molar-refractivity contribution in [1.29, 1.82) is 0 Å². The number of hydrogen-bond donors (Lipinski definition) is 0. The lowest BCUT2D eigenvalue weighted by molar-refractivity contribution is 0.402. The quantitative estimate of drug-likeness (QED) is 0.763. The molecule has 1 fully saturated rings. The van der Waals surface area contributed by atoms with Crippen LogP contribution in [0, 0.1) is 18.8 Å². The van der Waals surface area contributed by atoms with E-state index >= 15 is 0 Å². The van der Waals surface area contributed by atoms with E-state index < -0.39 is 9.84 Å². The molecule has 2 rings (SSSR count). The molecule has 0 bridgehead atoms. The zero-order valence-electron chi connectivity index (χ0n) is 10.9. The SMILES string of the molecule is Cc1ccc(CC(CBr)C2CCS(=O)(=O)C2)c(Cl)c1. The summed E-state index contributed by atoms with van der Waals surface area (Å²) in [6.07, 6.45) is 1.62. The smallest absolute Gasteiger partial charge is 0.150 e. The number of sulfone groups is 1. The molecule has 1 aromatic rings. The fourth-order valence-electron chi connectivity index (χ4n) is 2.64. The van der Waals surface area contributed by atoms with E-state index in [1.165, 1.54) is 0 Å². The van der Waals surface area contributed by atoms with Crippen LogP contribution in [0.25, 0.3) is 0 Å². The highest BCUT2D eigenvalue weighted by Gasteiger charge is 2.33. The van der Waals surface area contributed by atoms with Gasteiger partial charge in [0, 0.05) is 10.4 Å². The lowest BCUT2D eigenvalue weighted by atomic mass is 9.88. The summed E-state index contributed by atoms with van der Waals surface area (Å²) in [5.74, 6) is 1.24. The van der Waals surface area contributed by atoms with Crippen LogP contribution in [-0.2, 0) is 16.3 Å². The third-order valence-corrected chi connectivity index (χ3v) is 6.80. The highest BCUT2D eigenvalue weighted by atomic mass is 79.9. The molecule has 0 N–H and O–H groups in total. The average Bonchev–Trinajstić information content (AvgIpc) is 2.69. The Labute approximate surface area is 128 Å². The molecule has 0 radical (unpaired) electrons. The maximum atomic E-state index is 11.6. The van der Waals surface area contributed by atoms with Crippen LogP contribution < -0.4 is 0 Å². The second-order valence-corrected chi connectivity index (χ2v) is 8.66. The van der Waals surface area contributed by atoms with Crippen molar-refractivity contribution in [2.45, 2.75) is 19.8 Å². The van der Waals surface area contributed by atoms with E-state index in [2.05, 4.69) is 28.1 Å². The summed E-state index contributed by atoms with van der Waals surface area (Å²) < 4.78 is 23.2. The molecule has 1 aliphatic heterocycles. The number of halogens is 2. The van der Waals surface area contributed by atoms with Gasteiger partial charge >= 0.3 is 0 Å². The van der Waals surface area contributed by atoms with Crippen LogP contribution in [0.4, 0.5) is 0 Å². The minimum atomic E-state index is -2.81. The first-order chi connectivity index (χ1) is 8.91. The fraction of sp³-hybridized carbons (Fsp3) is 0.571. The summed E-state index contributed by atoms with van der Waals surface area (Å²) in [6.45, 7) is 2.02. The van der Waals surface area contributed by atoms with Gasteiger partial charge in [0.15, 0.2) is 9.84 Å². The van der Waals surface area contributed by atoms with Gasteiger partial charge in [-0.3, -0.25) is 0 Å². The number of aryl methyl sites for hydroxylation is 1. The Morgan fingerprint density at radius 3 is 2.74 bits per heavy atom. The van der Waals surface area contributed by atoms with Gasteiger partial charge in [0.1, 0.15) is 0 Å². The predicted octanol–water partition coefficient (Wildman–Crippen LogP) is 3.64. The largest absolute Gasteiger partial charge is 0.229 e. The van der Waals surface area contributed by atoms with Crippen LogP contribution >= 0.6 is 27.5 Å². The topological polar surface area (TPSA) is 34.1 Å². The van der Waals surface area contributed by atoms with Crippen LogP contribution in [0.1, 0.15) is 17.5 Å². The summed E-state index contributed by atoms with van der Waals surface area (Å²) >= 11 is 9.78. The van der Waals surface area contributed by atoms with Crippen LogP contribution in [0.15, 0.2) is 18.2 Å². The summed E-state index contributed by atoms with van der Waals surface area (Å²) in [5, 5.41) is 1.60. The van der Waals surface area contributed by atoms with Crippen LogP contribution in [0.5, 0.6) is 0 Å². The maximum absolute atomic E-state index is 11.6. The van der Waals surface area contributed by atoms with E-state index in [9.17, 15) is 8.42 Å². The predicted molar refractivity (Wildman–Crippen MR) is 83.9 cm³/mol. The van der Waals surface area contributed by atoms with E-state index in [0.717, 1.165) is 34.3 Å². The Kier molecular flexibility index (Phi) is 4.96. The van der Waals surface area contributed by atoms with Crippen molar-refractivity contribution < 1.29 is 8.42 Å². The molecule has 0 saturated carbocycles. The van der Waals surface area contributed by atoms with Crippen molar-refractivity contribution in [3.05, 3.63) is 34.3 Å². The Bertz CT molecular complexity index is 557. The molecule has 0 aromatic heterocycles. The monoisotopic (exact) mass is 364 g/mol. The highest BCUT2D eigenvalue weighted by molar-refractivity contribution is 9.09. The first kappa shape index (κ1) is 15.3. The summed E-state index contributed by atoms with van der Waals surface area (Å²) in [6, 6.07) is 6.07. The van der Waals surface area contributed by atoms with E-state index in [1.807, 2.05) is 13.0 Å². The molecule has 1 aromatic carbocycles. The summed E-state index contributed by atoms with van der Waals surface area (Å²) in [4.78, 5) is 0. The first-order valence-electron chi connectivity index (χ1n) is 6.42. The lowest BCUT2D eigenvalue weighted by Crippen LogP contribution is -2.20. The molecule has 5 heteroatoms. The van der Waals surface area contributed by atoms with E-state index in [-0.39, 0.29) is 5.92 Å². The Morgan fingerprint density at radius 2 is 2.21 bits per heavy atom. The van der Waals surface area contributed by atoms with Crippen molar-refractivity contribution in [2.75, 3.05) is 16.8 Å². The third kappa shape index (κ3) is 3.96. The minimum Gasteiger partial charge on any atom is -0.229 e. The molecule has 2 unspecified atom stereocenters. The molecule has 106 valence electrons. The second-order valence-electron chi connectivity index (χ2n) is 5.38. The number of rotatable bonds is 4. The zero-order chi connectivity index (χ0) is 14.0. The molecule has 0 spiro atoms. The molecule has 1 saturated heterocycles. The Morgan fingerprint density at radius 1 is 1.47 bits per heavy atom. The van der Waals surface area contributed by atoms with E-state index in [1.54, 1.807) is 0 Å². The van der Waals surface area contributed by atoms with Gasteiger partial charge in [-0.1, -0.05) is 39.7 Å². The molecular weight excluding hydrogens is 348 g/mol. The molecule has 2 atom stereocenters. The van der Waals surface area contributed by atoms with E-state index in [0.29, 0.717) is 17.4 Å². The van der Waals surface area contributed by atoms with Crippen LogP contribution in [-0.4, -0.2) is 25.3 Å². The molecule has 19 heavy (non-hydrogen) atoms. The standard InChI is InChI=1S/C14H18BrClO2S/c1-10-2-3-11(14(16)6-10)7-13(8-15)12-4-5-19(17,18)9-12/h2-3,6,12-13H,4-5,7-9H2,1H3. The fourth-order valence-corrected chi connectivity index (χ4v) is 5.63. The van der Waals surface area contributed by atoms with Gasteiger partial charge in [0.2, 0.25) is 0 Å². The van der Waals surface area contributed by atoms with Gasteiger partial charge in [0.05, 0.1) is 11.5 Å². The normalized spacial score (nSPS) is 23.4. The molecule has 1 aliphatic rings. The van der Waals surface area contributed by atoms with E-state index in [4.69, 9.17) is 11.6 Å². The molecule has 2 nitrogen and oxygen atoms in total. The average molecular weight is 366 g/mol. The van der Waals surface area contributed by atoms with Gasteiger partial charge < -0.3 is 0 Å². The van der Waals surface area contributed by atoms with Crippen molar-refractivity contribution in [3.63, 3.8) is 0 Å². The third-order valence-electron chi connectivity index (χ3n) is 3.82. The molecular formula is C14H18BrClO2S. The van der Waals surface area contributed by atoms with Gasteiger partial charge in [-0.05, 0) is 48.8 Å². The first-order valence-corrected chi connectivity index (χ1v) is 9.75. The maximum Gasteiger partial charge on any atom is 0.150 e. The zero-order valence-corrected chi connectivity index (χ0v) is 14.1. The van der Waals surface area contributed by atoms with Gasteiger partial charge in [0.25, 0.3) is 0 Å². The van der Waals surface area contributed by atoms with Gasteiger partial charge in [-0.15, -0.1) is 0 Å². The number of benzene rings is 1.